The van der Waals surface area contributed by atoms with E-state index >= 15 is 0 Å². The van der Waals surface area contributed by atoms with Crippen LogP contribution < -0.4 is 4.72 Å². The Morgan fingerprint density at radius 3 is 2.14 bits per heavy atom. The second kappa shape index (κ2) is 8.70. The molecule has 0 aliphatic heterocycles. The maximum Gasteiger partial charge on any atom is 0.264 e. The van der Waals surface area contributed by atoms with Gasteiger partial charge in [0.05, 0.1) is 5.02 Å². The van der Waals surface area contributed by atoms with Gasteiger partial charge in [0.1, 0.15) is 10.7 Å². The quantitative estimate of drug-likeness (QED) is 0.500. The first kappa shape index (κ1) is 20.9. The highest BCUT2D eigenvalue weighted by molar-refractivity contribution is 7.92. The van der Waals surface area contributed by atoms with Crippen LogP contribution in [0.4, 0.5) is 5.82 Å². The summed E-state index contributed by atoms with van der Waals surface area (Å²) in [5, 5.41) is 1.15. The Morgan fingerprint density at radius 1 is 0.893 bits per heavy atom. The molecule has 28 heavy (non-hydrogen) atoms. The zero-order chi connectivity index (χ0) is 20.3. The second-order valence-corrected chi connectivity index (χ2v) is 9.22. The first-order valence-electron chi connectivity index (χ1n) is 8.42. The van der Waals surface area contributed by atoms with Crippen molar-refractivity contribution in [2.24, 2.45) is 0 Å². The van der Waals surface area contributed by atoms with Gasteiger partial charge in [-0.15, -0.1) is 0 Å². The zero-order valence-corrected chi connectivity index (χ0v) is 18.0. The van der Waals surface area contributed by atoms with Crippen LogP contribution in [0.5, 0.6) is 0 Å². The number of hydrogen-bond acceptors (Lipinski definition) is 3. The maximum atomic E-state index is 12.7. The summed E-state index contributed by atoms with van der Waals surface area (Å²) in [6.07, 6.45) is 3.28. The highest BCUT2D eigenvalue weighted by atomic mass is 35.5. The lowest BCUT2D eigenvalue weighted by Crippen LogP contribution is -2.15. The zero-order valence-electron chi connectivity index (χ0n) is 14.9. The monoisotopic (exact) mass is 454 g/mol. The van der Waals surface area contributed by atoms with E-state index in [4.69, 9.17) is 34.8 Å². The number of pyridine rings is 1. The van der Waals surface area contributed by atoms with E-state index in [0.29, 0.717) is 15.6 Å². The van der Waals surface area contributed by atoms with Crippen LogP contribution in [0.3, 0.4) is 0 Å². The summed E-state index contributed by atoms with van der Waals surface area (Å²) in [7, 11) is -3.88. The molecule has 8 heteroatoms. The molecule has 2 aromatic carbocycles. The number of rotatable bonds is 6. The third-order valence-electron chi connectivity index (χ3n) is 4.14. The number of halogens is 3. The van der Waals surface area contributed by atoms with Gasteiger partial charge in [0.15, 0.2) is 0 Å². The number of hydrogen-bond donors (Lipinski definition) is 1. The summed E-state index contributed by atoms with van der Waals surface area (Å²) in [6, 6.07) is 14.1. The molecule has 0 atom stereocenters. The molecular weight excluding hydrogens is 439 g/mol. The van der Waals surface area contributed by atoms with Crippen LogP contribution in [0, 0.1) is 6.92 Å². The Balaban J connectivity index is 1.70. The van der Waals surface area contributed by atoms with Gasteiger partial charge in [0.25, 0.3) is 10.0 Å². The number of nitrogens with zero attached hydrogens (tertiary/aromatic N) is 1. The summed E-state index contributed by atoms with van der Waals surface area (Å²) in [6.45, 7) is 1.64. The predicted molar refractivity (Wildman–Crippen MR) is 115 cm³/mol. The fourth-order valence-electron chi connectivity index (χ4n) is 2.79. The molecule has 3 rings (SSSR count). The molecule has 0 aliphatic rings. The average molecular weight is 456 g/mol. The van der Waals surface area contributed by atoms with Crippen LogP contribution in [-0.4, -0.2) is 13.4 Å². The smallest absolute Gasteiger partial charge is 0.263 e. The Hall–Kier alpha value is -1.79. The van der Waals surface area contributed by atoms with Crippen molar-refractivity contribution in [2.75, 3.05) is 4.72 Å². The molecule has 0 aliphatic carbocycles. The summed E-state index contributed by atoms with van der Waals surface area (Å²) in [5.41, 5.74) is 2.63. The van der Waals surface area contributed by atoms with Crippen molar-refractivity contribution in [1.29, 1.82) is 0 Å². The Morgan fingerprint density at radius 2 is 1.54 bits per heavy atom. The van der Waals surface area contributed by atoms with Gasteiger partial charge in [0, 0.05) is 16.2 Å². The second-order valence-electron chi connectivity index (χ2n) is 6.32. The van der Waals surface area contributed by atoms with Gasteiger partial charge in [-0.1, -0.05) is 53.0 Å². The summed E-state index contributed by atoms with van der Waals surface area (Å²) in [4.78, 5) is 4.20. The fraction of sp³-hybridized carbons (Fsp3) is 0.150. The maximum absolute atomic E-state index is 12.7. The number of nitrogens with one attached hydrogen (secondary N) is 1. The van der Waals surface area contributed by atoms with Crippen molar-refractivity contribution >= 4 is 50.6 Å². The Kier molecular flexibility index (Phi) is 6.50. The minimum Gasteiger partial charge on any atom is -0.263 e. The highest BCUT2D eigenvalue weighted by Crippen LogP contribution is 2.30. The first-order chi connectivity index (χ1) is 13.2. The molecule has 0 saturated heterocycles. The number of aromatic nitrogens is 1. The largest absolute Gasteiger partial charge is 0.264 e. The van der Waals surface area contributed by atoms with E-state index in [1.807, 2.05) is 30.3 Å². The third kappa shape index (κ3) is 5.17. The molecule has 3 aromatic rings. The van der Waals surface area contributed by atoms with Crippen molar-refractivity contribution < 1.29 is 8.42 Å². The highest BCUT2D eigenvalue weighted by Gasteiger charge is 2.22. The molecule has 0 saturated carbocycles. The van der Waals surface area contributed by atoms with Crippen molar-refractivity contribution in [3.63, 3.8) is 0 Å². The predicted octanol–water partition coefficient (Wildman–Crippen LogP) is 5.94. The minimum atomic E-state index is -3.88. The molecular formula is C20H17Cl3N2O2S. The summed E-state index contributed by atoms with van der Waals surface area (Å²) in [5.74, 6) is 0.223. The van der Waals surface area contributed by atoms with E-state index in [1.54, 1.807) is 25.3 Å². The van der Waals surface area contributed by atoms with Crippen LogP contribution in [0.15, 0.2) is 59.6 Å². The molecule has 0 unspecified atom stereocenters. The summed E-state index contributed by atoms with van der Waals surface area (Å²) < 4.78 is 27.8. The third-order valence-corrected chi connectivity index (χ3v) is 6.58. The van der Waals surface area contributed by atoms with Crippen LogP contribution in [0.1, 0.15) is 16.7 Å². The van der Waals surface area contributed by atoms with Crippen LogP contribution in [0.2, 0.25) is 15.1 Å². The van der Waals surface area contributed by atoms with Crippen LogP contribution in [0.25, 0.3) is 0 Å². The minimum absolute atomic E-state index is 0.00724. The van der Waals surface area contributed by atoms with Gasteiger partial charge in [0.2, 0.25) is 0 Å². The lowest BCUT2D eigenvalue weighted by molar-refractivity contribution is 0.600. The lowest BCUT2D eigenvalue weighted by Gasteiger charge is -2.12. The van der Waals surface area contributed by atoms with E-state index in [-0.39, 0.29) is 15.7 Å². The topological polar surface area (TPSA) is 59.1 Å². The van der Waals surface area contributed by atoms with Crippen LogP contribution in [-0.2, 0) is 22.9 Å². The molecule has 1 heterocycles. The van der Waals surface area contributed by atoms with Crippen molar-refractivity contribution in [3.05, 3.63) is 86.5 Å². The Labute approximate surface area is 179 Å². The van der Waals surface area contributed by atoms with E-state index < -0.39 is 10.0 Å². The molecule has 146 valence electrons. The number of anilines is 1. The lowest BCUT2D eigenvalue weighted by atomic mass is 10.1. The first-order valence-corrected chi connectivity index (χ1v) is 11.0. The van der Waals surface area contributed by atoms with Gasteiger partial charge in [-0.3, -0.25) is 4.72 Å². The standard InChI is InChI=1S/C20H17Cl3N2O2S/c1-13-10-17(22)11-18(23)20(13)28(26,27)25-19-9-6-15(12-24-19)3-2-14-4-7-16(21)8-5-14/h4-12H,2-3H2,1H3,(H,24,25). The van der Waals surface area contributed by atoms with Crippen LogP contribution >= 0.6 is 34.8 Å². The van der Waals surface area contributed by atoms with Gasteiger partial charge < -0.3 is 0 Å². The molecule has 1 N–H and O–H groups in total. The number of aryl methyl sites for hydroxylation is 3. The summed E-state index contributed by atoms with van der Waals surface area (Å²) >= 11 is 17.9. The van der Waals surface area contributed by atoms with Crippen molar-refractivity contribution in [3.8, 4) is 0 Å². The van der Waals surface area contributed by atoms with Gasteiger partial charge >= 0.3 is 0 Å². The van der Waals surface area contributed by atoms with Gasteiger partial charge in [-0.25, -0.2) is 13.4 Å². The molecule has 0 amide bonds. The fourth-order valence-corrected chi connectivity index (χ4v) is 5.11. The molecule has 0 spiro atoms. The molecule has 0 bridgehead atoms. The molecule has 0 radical (unpaired) electrons. The van der Waals surface area contributed by atoms with Gasteiger partial charge in [-0.2, -0.15) is 0 Å². The molecule has 1 aromatic heterocycles. The van der Waals surface area contributed by atoms with E-state index in [1.165, 1.54) is 11.6 Å². The SMILES string of the molecule is Cc1cc(Cl)cc(Cl)c1S(=O)(=O)Nc1ccc(CCc2ccc(Cl)cc2)cn1. The van der Waals surface area contributed by atoms with E-state index in [0.717, 1.165) is 18.4 Å². The molecule has 4 nitrogen and oxygen atoms in total. The molecule has 0 fully saturated rings. The normalized spacial score (nSPS) is 11.4. The van der Waals surface area contributed by atoms with E-state index in [2.05, 4.69) is 9.71 Å². The van der Waals surface area contributed by atoms with E-state index in [9.17, 15) is 8.42 Å². The van der Waals surface area contributed by atoms with Gasteiger partial charge in [-0.05, 0) is 66.8 Å². The number of benzene rings is 2. The Bertz CT molecular complexity index is 1060. The van der Waals surface area contributed by atoms with Crippen molar-refractivity contribution in [1.82, 2.24) is 4.98 Å². The average Bonchev–Trinajstić information content (AvgIpc) is 2.61. The van der Waals surface area contributed by atoms with Crippen molar-refractivity contribution in [2.45, 2.75) is 24.7 Å². The number of sulfonamides is 1.